The SMILES string of the molecule is CCCCCON1C(=O)[C@H]2[C@H](C1=O)[C@]1(Cl)C(Cl)=C(Cl)[C@]2(Cl)C1(Cl)Cl. The van der Waals surface area contributed by atoms with Gasteiger partial charge in [-0.2, -0.15) is 5.06 Å². The van der Waals surface area contributed by atoms with E-state index < -0.39 is 37.7 Å². The molecule has 2 fully saturated rings. The Hall–Kier alpha value is 0.580. The Kier molecular flexibility index (Phi) is 4.88. The van der Waals surface area contributed by atoms with Crippen LogP contribution in [0.25, 0.3) is 0 Å². The second-order valence-electron chi connectivity index (χ2n) is 6.09. The number of hydroxylamine groups is 2. The van der Waals surface area contributed by atoms with Crippen LogP contribution in [0.2, 0.25) is 0 Å². The largest absolute Gasteiger partial charge is 0.272 e. The van der Waals surface area contributed by atoms with Crippen LogP contribution in [0.15, 0.2) is 10.1 Å². The minimum absolute atomic E-state index is 0.110. The fourth-order valence-electron chi connectivity index (χ4n) is 3.60. The van der Waals surface area contributed by atoms with Crippen LogP contribution in [-0.4, -0.2) is 37.6 Å². The molecule has 1 saturated heterocycles. The molecule has 1 heterocycles. The predicted molar refractivity (Wildman–Crippen MR) is 94.6 cm³/mol. The number of carbonyl (C=O) groups is 2. The Morgan fingerprint density at radius 3 is 1.83 bits per heavy atom. The van der Waals surface area contributed by atoms with Crippen molar-refractivity contribution in [1.29, 1.82) is 0 Å². The number of imide groups is 1. The van der Waals surface area contributed by atoms with Crippen molar-refractivity contribution in [3.63, 3.8) is 0 Å². The highest BCUT2D eigenvalue weighted by atomic mass is 35.5. The second kappa shape index (κ2) is 6.05. The van der Waals surface area contributed by atoms with Crippen LogP contribution in [0, 0.1) is 11.8 Å². The van der Waals surface area contributed by atoms with Gasteiger partial charge in [0.25, 0.3) is 11.8 Å². The number of fused-ring (bicyclic) bond motifs is 5. The lowest BCUT2D eigenvalue weighted by Crippen LogP contribution is -2.50. The van der Waals surface area contributed by atoms with Crippen LogP contribution in [0.5, 0.6) is 0 Å². The summed E-state index contributed by atoms with van der Waals surface area (Å²) in [7, 11) is 0. The van der Waals surface area contributed by atoms with E-state index >= 15 is 0 Å². The molecular formula is C14H13Cl6NO3. The molecule has 2 bridgehead atoms. The number of rotatable bonds is 5. The van der Waals surface area contributed by atoms with Gasteiger partial charge in [-0.1, -0.05) is 66.2 Å². The smallest absolute Gasteiger partial charge is 0.259 e. The molecule has 3 aliphatic rings. The van der Waals surface area contributed by atoms with Crippen LogP contribution in [0.3, 0.4) is 0 Å². The number of halogens is 6. The van der Waals surface area contributed by atoms with E-state index in [2.05, 4.69) is 0 Å². The summed E-state index contributed by atoms with van der Waals surface area (Å²) >= 11 is 38.2. The zero-order chi connectivity index (χ0) is 18.1. The first kappa shape index (κ1) is 19.3. The average Bonchev–Trinajstić information content (AvgIpc) is 2.90. The van der Waals surface area contributed by atoms with E-state index in [1.165, 1.54) is 0 Å². The molecule has 0 aromatic carbocycles. The van der Waals surface area contributed by atoms with Crippen LogP contribution < -0.4 is 0 Å². The van der Waals surface area contributed by atoms with Crippen LogP contribution in [0.1, 0.15) is 26.2 Å². The number of unbranched alkanes of at least 4 members (excludes halogenated alkanes) is 2. The fraction of sp³-hybridized carbons (Fsp3) is 0.714. The van der Waals surface area contributed by atoms with Gasteiger partial charge in [0.15, 0.2) is 4.33 Å². The van der Waals surface area contributed by atoms with Crippen molar-refractivity contribution < 1.29 is 14.4 Å². The summed E-state index contributed by atoms with van der Waals surface area (Å²) in [5.41, 5.74) is 0. The number of hydrogen-bond acceptors (Lipinski definition) is 3. The summed E-state index contributed by atoms with van der Waals surface area (Å²) < 4.78 is -1.91. The van der Waals surface area contributed by atoms with Crippen LogP contribution >= 0.6 is 69.6 Å². The van der Waals surface area contributed by atoms with Crippen molar-refractivity contribution in [2.24, 2.45) is 11.8 Å². The fourth-order valence-corrected chi connectivity index (χ4v) is 6.53. The molecule has 24 heavy (non-hydrogen) atoms. The first-order valence-corrected chi connectivity index (χ1v) is 9.67. The first-order valence-electron chi connectivity index (χ1n) is 7.41. The summed E-state index contributed by atoms with van der Waals surface area (Å²) in [6.45, 7) is 2.25. The number of amides is 2. The van der Waals surface area contributed by atoms with Crippen molar-refractivity contribution in [2.75, 3.05) is 6.61 Å². The Bertz CT molecular complexity index is 606. The van der Waals surface area contributed by atoms with Crippen molar-refractivity contribution in [3.8, 4) is 0 Å². The Morgan fingerprint density at radius 1 is 0.958 bits per heavy atom. The molecule has 0 radical (unpaired) electrons. The Balaban J connectivity index is 1.97. The van der Waals surface area contributed by atoms with E-state index in [4.69, 9.17) is 74.4 Å². The van der Waals surface area contributed by atoms with Gasteiger partial charge in [-0.05, 0) is 6.42 Å². The maximum absolute atomic E-state index is 12.7. The zero-order valence-corrected chi connectivity index (χ0v) is 17.0. The van der Waals surface area contributed by atoms with Gasteiger partial charge in [0.05, 0.1) is 28.5 Å². The lowest BCUT2D eigenvalue weighted by atomic mass is 9.84. The molecule has 10 heteroatoms. The van der Waals surface area contributed by atoms with Gasteiger partial charge in [0.2, 0.25) is 0 Å². The summed E-state index contributed by atoms with van der Waals surface area (Å²) in [5, 5.41) is 0.476. The molecule has 4 nitrogen and oxygen atoms in total. The van der Waals surface area contributed by atoms with E-state index in [1.807, 2.05) is 6.92 Å². The highest BCUT2D eigenvalue weighted by Gasteiger charge is 2.87. The van der Waals surface area contributed by atoms with Gasteiger partial charge in [-0.15, -0.1) is 23.2 Å². The van der Waals surface area contributed by atoms with Gasteiger partial charge >= 0.3 is 0 Å². The van der Waals surface area contributed by atoms with Gasteiger partial charge < -0.3 is 0 Å². The summed E-state index contributed by atoms with van der Waals surface area (Å²) in [4.78, 5) is 27.2. The highest BCUT2D eigenvalue weighted by molar-refractivity contribution is 6.66. The molecule has 3 rings (SSSR count). The van der Waals surface area contributed by atoms with E-state index in [1.54, 1.807) is 0 Å². The molecule has 4 atom stereocenters. The number of alkyl halides is 4. The van der Waals surface area contributed by atoms with E-state index in [9.17, 15) is 9.59 Å². The molecule has 0 N–H and O–H groups in total. The van der Waals surface area contributed by atoms with E-state index in [0.717, 1.165) is 12.8 Å². The molecule has 0 aromatic rings. The van der Waals surface area contributed by atoms with Crippen molar-refractivity contribution >= 4 is 81.4 Å². The van der Waals surface area contributed by atoms with Crippen molar-refractivity contribution in [2.45, 2.75) is 40.3 Å². The Morgan fingerprint density at radius 2 is 1.42 bits per heavy atom. The third kappa shape index (κ3) is 2.00. The number of nitrogens with zero attached hydrogens (tertiary/aromatic N) is 1. The molecule has 0 spiro atoms. The molecule has 1 aliphatic heterocycles. The second-order valence-corrected chi connectivity index (χ2v) is 9.37. The lowest BCUT2D eigenvalue weighted by molar-refractivity contribution is -0.190. The quantitative estimate of drug-likeness (QED) is 0.347. The monoisotopic (exact) mass is 453 g/mol. The number of carbonyl (C=O) groups excluding carboxylic acids is 2. The first-order chi connectivity index (χ1) is 11.1. The topological polar surface area (TPSA) is 46.6 Å². The third-order valence-electron chi connectivity index (χ3n) is 4.84. The normalized spacial score (nSPS) is 40.0. The highest BCUT2D eigenvalue weighted by Crippen LogP contribution is 2.77. The van der Waals surface area contributed by atoms with E-state index in [-0.39, 0.29) is 16.7 Å². The zero-order valence-electron chi connectivity index (χ0n) is 12.4. The average molecular weight is 456 g/mol. The van der Waals surface area contributed by atoms with Crippen molar-refractivity contribution in [1.82, 2.24) is 5.06 Å². The lowest BCUT2D eigenvalue weighted by Gasteiger charge is -2.34. The number of hydrogen-bond donors (Lipinski definition) is 0. The van der Waals surface area contributed by atoms with Gasteiger partial charge in [0.1, 0.15) is 9.75 Å². The maximum atomic E-state index is 12.7. The van der Waals surface area contributed by atoms with E-state index in [0.29, 0.717) is 11.5 Å². The maximum Gasteiger partial charge on any atom is 0.259 e. The number of allylic oxidation sites excluding steroid dienone is 2. The van der Waals surface area contributed by atoms with Crippen molar-refractivity contribution in [3.05, 3.63) is 10.1 Å². The molecular weight excluding hydrogens is 443 g/mol. The predicted octanol–water partition coefficient (Wildman–Crippen LogP) is 4.55. The molecule has 134 valence electrons. The standard InChI is InChI=1S/C14H13Cl6NO3/c1-2-3-4-5-24-21-10(22)6-7(11(21)23)13(18)9(16)8(15)12(6,17)14(13,19)20/h6-7H,2-5H2,1H3/t6-,7-,12+,13+/m1/s1. The molecule has 1 saturated carbocycles. The Labute approximate surface area is 169 Å². The van der Waals surface area contributed by atoms with Crippen LogP contribution in [0.4, 0.5) is 0 Å². The molecule has 0 unspecified atom stereocenters. The van der Waals surface area contributed by atoms with Gasteiger partial charge in [-0.3, -0.25) is 14.4 Å². The molecule has 2 amide bonds. The minimum Gasteiger partial charge on any atom is -0.272 e. The van der Waals surface area contributed by atoms with Gasteiger partial charge in [-0.25, -0.2) is 0 Å². The molecule has 0 aromatic heterocycles. The summed E-state index contributed by atoms with van der Waals surface area (Å²) in [6, 6.07) is 0. The summed E-state index contributed by atoms with van der Waals surface area (Å²) in [6.07, 6.45) is 2.59. The van der Waals surface area contributed by atoms with Gasteiger partial charge in [0, 0.05) is 0 Å². The molecule has 2 aliphatic carbocycles. The third-order valence-corrected chi connectivity index (χ3v) is 9.10. The van der Waals surface area contributed by atoms with Crippen LogP contribution in [-0.2, 0) is 14.4 Å². The minimum atomic E-state index is -1.91. The summed E-state index contributed by atoms with van der Waals surface area (Å²) in [5.74, 6) is -3.60.